The molecule has 11 heteroatoms. The van der Waals surface area contributed by atoms with Crippen LogP contribution in [0.4, 0.5) is 0 Å². The minimum absolute atomic E-state index is 0.667. The second-order valence-corrected chi connectivity index (χ2v) is 5.53. The summed E-state index contributed by atoms with van der Waals surface area (Å²) in [5, 5.41) is 76.5. The van der Waals surface area contributed by atoms with E-state index in [4.69, 9.17) is 19.3 Å². The maximum absolute atomic E-state index is 9.94. The van der Waals surface area contributed by atoms with Gasteiger partial charge in [0.25, 0.3) is 0 Å². The molecule has 2 fully saturated rings. The van der Waals surface area contributed by atoms with Crippen molar-refractivity contribution in [3.05, 3.63) is 0 Å². The molecular formula is C12H22O11. The average Bonchev–Trinajstić information content (AvgIpc) is 2.55. The Morgan fingerprint density at radius 2 is 1.26 bits per heavy atom. The summed E-state index contributed by atoms with van der Waals surface area (Å²) < 4.78 is 15.3. The predicted molar refractivity (Wildman–Crippen MR) is 68.6 cm³/mol. The zero-order valence-corrected chi connectivity index (χ0v) is 12.0. The molecule has 0 bridgehead atoms. The molecule has 2 aliphatic rings. The summed E-state index contributed by atoms with van der Waals surface area (Å²) in [6.45, 7) is -1.35. The molecule has 0 spiro atoms. The minimum atomic E-state index is -1.74. The molecule has 23 heavy (non-hydrogen) atoms. The quantitative estimate of drug-likeness (QED) is 0.243. The summed E-state index contributed by atoms with van der Waals surface area (Å²) in [6.07, 6.45) is -15.6. The summed E-state index contributed by atoms with van der Waals surface area (Å²) in [5.41, 5.74) is 0. The van der Waals surface area contributed by atoms with Gasteiger partial charge < -0.3 is 55.1 Å². The highest BCUT2D eigenvalue weighted by Crippen LogP contribution is 2.28. The van der Waals surface area contributed by atoms with Gasteiger partial charge in [-0.05, 0) is 0 Å². The van der Waals surface area contributed by atoms with Crippen molar-refractivity contribution in [1.29, 1.82) is 0 Å². The van der Waals surface area contributed by atoms with E-state index in [2.05, 4.69) is 0 Å². The highest BCUT2D eigenvalue weighted by Gasteiger charge is 2.50. The molecular weight excluding hydrogens is 320 g/mol. The molecule has 0 unspecified atom stereocenters. The number of hydrogen-bond donors (Lipinski definition) is 8. The van der Waals surface area contributed by atoms with Crippen molar-refractivity contribution in [2.24, 2.45) is 0 Å². The average molecular weight is 342 g/mol. The summed E-state index contributed by atoms with van der Waals surface area (Å²) in [4.78, 5) is 0. The van der Waals surface area contributed by atoms with Gasteiger partial charge in [-0.2, -0.15) is 0 Å². The molecule has 2 heterocycles. The Bertz CT molecular complexity index is 378. The second kappa shape index (κ2) is 7.63. The lowest BCUT2D eigenvalue weighted by Gasteiger charge is -2.45. The van der Waals surface area contributed by atoms with Gasteiger partial charge in [0.2, 0.25) is 0 Å². The van der Waals surface area contributed by atoms with Crippen molar-refractivity contribution in [3.63, 3.8) is 0 Å². The van der Waals surface area contributed by atoms with Crippen LogP contribution in [0.25, 0.3) is 0 Å². The van der Waals surface area contributed by atoms with Gasteiger partial charge in [0, 0.05) is 0 Å². The molecule has 136 valence electrons. The van der Waals surface area contributed by atoms with Crippen molar-refractivity contribution in [2.75, 3.05) is 13.2 Å². The number of aliphatic hydroxyl groups excluding tert-OH is 8. The fourth-order valence-corrected chi connectivity index (χ4v) is 2.57. The van der Waals surface area contributed by atoms with E-state index in [1.165, 1.54) is 0 Å². The van der Waals surface area contributed by atoms with E-state index in [1.54, 1.807) is 0 Å². The third kappa shape index (κ3) is 3.65. The Morgan fingerprint density at radius 3 is 1.83 bits per heavy atom. The fraction of sp³-hybridized carbons (Fsp3) is 1.00. The van der Waals surface area contributed by atoms with Gasteiger partial charge >= 0.3 is 0 Å². The predicted octanol–water partition coefficient (Wildman–Crippen LogP) is -5.40. The number of aliphatic hydroxyl groups is 8. The Hall–Kier alpha value is -0.440. The lowest BCUT2D eigenvalue weighted by molar-refractivity contribution is -0.355. The molecule has 0 aromatic heterocycles. The highest BCUT2D eigenvalue weighted by molar-refractivity contribution is 4.93. The summed E-state index contributed by atoms with van der Waals surface area (Å²) in [7, 11) is 0. The van der Waals surface area contributed by atoms with E-state index in [0.29, 0.717) is 0 Å². The van der Waals surface area contributed by atoms with Gasteiger partial charge in [0.15, 0.2) is 12.6 Å². The largest absolute Gasteiger partial charge is 0.394 e. The van der Waals surface area contributed by atoms with Gasteiger partial charge in [-0.25, -0.2) is 0 Å². The smallest absolute Gasteiger partial charge is 0.187 e. The summed E-state index contributed by atoms with van der Waals surface area (Å²) in [6, 6.07) is 0. The van der Waals surface area contributed by atoms with Crippen molar-refractivity contribution in [3.8, 4) is 0 Å². The van der Waals surface area contributed by atoms with Crippen molar-refractivity contribution < 1.29 is 55.1 Å². The molecule has 0 amide bonds. The van der Waals surface area contributed by atoms with Crippen molar-refractivity contribution in [2.45, 2.75) is 61.4 Å². The molecule has 10 atom stereocenters. The van der Waals surface area contributed by atoms with E-state index in [0.717, 1.165) is 0 Å². The van der Waals surface area contributed by atoms with Crippen molar-refractivity contribution >= 4 is 0 Å². The summed E-state index contributed by atoms with van der Waals surface area (Å²) >= 11 is 0. The first-order chi connectivity index (χ1) is 10.8. The molecule has 11 nitrogen and oxygen atoms in total. The van der Waals surface area contributed by atoms with E-state index in [1.807, 2.05) is 0 Å². The third-order valence-electron chi connectivity index (χ3n) is 3.98. The van der Waals surface area contributed by atoms with Gasteiger partial charge in [-0.15, -0.1) is 0 Å². The maximum Gasteiger partial charge on any atom is 0.187 e. The first kappa shape index (κ1) is 18.9. The maximum atomic E-state index is 9.94. The van der Waals surface area contributed by atoms with Crippen LogP contribution in [0.3, 0.4) is 0 Å². The first-order valence-corrected chi connectivity index (χ1v) is 7.08. The Labute approximate surface area is 130 Å². The van der Waals surface area contributed by atoms with Gasteiger partial charge in [0.1, 0.15) is 48.8 Å². The van der Waals surface area contributed by atoms with Crippen LogP contribution in [0.2, 0.25) is 0 Å². The van der Waals surface area contributed by atoms with Crippen LogP contribution in [-0.2, 0) is 14.2 Å². The van der Waals surface area contributed by atoms with Gasteiger partial charge in [-0.3, -0.25) is 0 Å². The Morgan fingerprint density at radius 1 is 0.652 bits per heavy atom. The van der Waals surface area contributed by atoms with Crippen molar-refractivity contribution in [1.82, 2.24) is 0 Å². The van der Waals surface area contributed by atoms with Crippen LogP contribution in [0.15, 0.2) is 0 Å². The normalized spacial score (nSPS) is 51.7. The molecule has 2 saturated heterocycles. The standard InChI is InChI=1S/C12H22O11/c13-1-3-5(15)6(16)9(19)12(22-3)23-10-4(2-14)21-11(20)8(18)7(10)17/h3-20H,1-2H2/t3-,4-,5+,6+,7-,8-,9-,10-,11-,12+/m0/s1. The van der Waals surface area contributed by atoms with E-state index < -0.39 is 74.6 Å². The highest BCUT2D eigenvalue weighted by atomic mass is 16.7. The van der Waals surface area contributed by atoms with Crippen LogP contribution in [-0.4, -0.2) is 115 Å². The minimum Gasteiger partial charge on any atom is -0.394 e. The van der Waals surface area contributed by atoms with Crippen LogP contribution in [0, 0.1) is 0 Å². The molecule has 8 N–H and O–H groups in total. The Balaban J connectivity index is 2.11. The van der Waals surface area contributed by atoms with E-state index >= 15 is 0 Å². The SMILES string of the molecule is OC[C@@H]1O[C@H](O[C@@H]2[C@@H](O)[C@H](O)[C@@H](O)O[C@H]2CO)[C@@H](O)[C@H](O)[C@@H]1O. The molecule has 2 rings (SSSR count). The molecule has 0 saturated carbocycles. The molecule has 0 radical (unpaired) electrons. The third-order valence-corrected chi connectivity index (χ3v) is 3.98. The topological polar surface area (TPSA) is 190 Å². The zero-order chi connectivity index (χ0) is 17.3. The lowest BCUT2D eigenvalue weighted by atomic mass is 9.97. The zero-order valence-electron chi connectivity index (χ0n) is 12.0. The number of rotatable bonds is 4. The summed E-state index contributed by atoms with van der Waals surface area (Å²) in [5.74, 6) is 0. The molecule has 0 aromatic carbocycles. The molecule has 0 aliphatic carbocycles. The fourth-order valence-electron chi connectivity index (χ4n) is 2.57. The van der Waals surface area contributed by atoms with Gasteiger partial charge in [0.05, 0.1) is 13.2 Å². The van der Waals surface area contributed by atoms with Gasteiger partial charge in [-0.1, -0.05) is 0 Å². The monoisotopic (exact) mass is 342 g/mol. The van der Waals surface area contributed by atoms with Crippen LogP contribution in [0.1, 0.15) is 0 Å². The van der Waals surface area contributed by atoms with Crippen LogP contribution < -0.4 is 0 Å². The second-order valence-electron chi connectivity index (χ2n) is 5.53. The van der Waals surface area contributed by atoms with E-state index in [-0.39, 0.29) is 0 Å². The lowest BCUT2D eigenvalue weighted by Crippen LogP contribution is -2.64. The Kier molecular flexibility index (Phi) is 6.27. The number of ether oxygens (including phenoxy) is 3. The first-order valence-electron chi connectivity index (χ1n) is 7.08. The van der Waals surface area contributed by atoms with E-state index in [9.17, 15) is 35.7 Å². The number of hydrogen-bond acceptors (Lipinski definition) is 11. The molecule has 2 aliphatic heterocycles. The van der Waals surface area contributed by atoms with Crippen LogP contribution in [0.5, 0.6) is 0 Å². The van der Waals surface area contributed by atoms with Crippen LogP contribution >= 0.6 is 0 Å². The molecule has 0 aromatic rings.